The van der Waals surface area contributed by atoms with Gasteiger partial charge in [-0.15, -0.1) is 0 Å². The van der Waals surface area contributed by atoms with E-state index in [1.54, 1.807) is 26.0 Å². The maximum absolute atomic E-state index is 13.4. The number of Topliss-reactive ketones (excluding diaryl/α,β-unsaturated/α-hetero) is 1. The highest BCUT2D eigenvalue weighted by Gasteiger charge is 2.34. The zero-order valence-corrected chi connectivity index (χ0v) is 10.7. The Morgan fingerprint density at radius 1 is 1.00 bits per heavy atom. The van der Waals surface area contributed by atoms with Gasteiger partial charge in [-0.25, -0.2) is 8.78 Å². The van der Waals surface area contributed by atoms with Crippen molar-refractivity contribution in [3.05, 3.63) is 51.6 Å². The molecule has 1 aromatic rings. The van der Waals surface area contributed by atoms with E-state index in [9.17, 15) is 13.6 Å². The maximum atomic E-state index is 13.4. The van der Waals surface area contributed by atoms with Gasteiger partial charge in [0.2, 0.25) is 0 Å². The number of allylic oxidation sites excluding steroid dienone is 4. The first-order chi connectivity index (χ1) is 9.42. The van der Waals surface area contributed by atoms with Gasteiger partial charge in [-0.2, -0.15) is 10.5 Å². The number of carbonyl (C=O) groups is 1. The van der Waals surface area contributed by atoms with Crippen molar-refractivity contribution in [3.8, 4) is 12.1 Å². The van der Waals surface area contributed by atoms with Crippen molar-refractivity contribution in [3.63, 3.8) is 0 Å². The zero-order valence-electron chi connectivity index (χ0n) is 10.7. The third-order valence-corrected chi connectivity index (χ3v) is 3.03. The number of benzene rings is 1. The van der Waals surface area contributed by atoms with Crippen molar-refractivity contribution in [2.75, 3.05) is 0 Å². The summed E-state index contributed by atoms with van der Waals surface area (Å²) in [5.41, 5.74) is 0.572. The predicted octanol–water partition coefficient (Wildman–Crippen LogP) is 3.30. The molecule has 0 saturated carbocycles. The van der Waals surface area contributed by atoms with Crippen LogP contribution in [-0.4, -0.2) is 5.78 Å². The summed E-state index contributed by atoms with van der Waals surface area (Å²) in [6.45, 7) is 3.27. The van der Waals surface area contributed by atoms with Gasteiger partial charge in [0.25, 0.3) is 0 Å². The van der Waals surface area contributed by atoms with E-state index in [0.29, 0.717) is 5.57 Å². The summed E-state index contributed by atoms with van der Waals surface area (Å²) in [7, 11) is 0. The molecule has 0 heterocycles. The molecule has 1 aliphatic rings. The molecular formula is C15H8F2N2O. The molecule has 2 rings (SSSR count). The molecule has 1 aliphatic carbocycles. The largest absolute Gasteiger partial charge is 0.289 e. The third kappa shape index (κ3) is 1.81. The highest BCUT2D eigenvalue weighted by molar-refractivity contribution is 6.28. The lowest BCUT2D eigenvalue weighted by Gasteiger charge is -2.03. The minimum absolute atomic E-state index is 0.0295. The molecule has 0 bridgehead atoms. The first kappa shape index (κ1) is 13.6. The van der Waals surface area contributed by atoms with Gasteiger partial charge in [-0.1, -0.05) is 5.57 Å². The van der Waals surface area contributed by atoms with Crippen molar-refractivity contribution >= 4 is 11.4 Å². The van der Waals surface area contributed by atoms with E-state index in [0.717, 1.165) is 12.1 Å². The summed E-state index contributed by atoms with van der Waals surface area (Å²) < 4.78 is 26.7. The van der Waals surface area contributed by atoms with Gasteiger partial charge in [0.1, 0.15) is 17.7 Å². The van der Waals surface area contributed by atoms with E-state index in [4.69, 9.17) is 10.5 Å². The van der Waals surface area contributed by atoms with E-state index in [1.807, 2.05) is 0 Å². The van der Waals surface area contributed by atoms with Crippen LogP contribution in [0.4, 0.5) is 8.78 Å². The highest BCUT2D eigenvalue weighted by Crippen LogP contribution is 2.41. The quantitative estimate of drug-likeness (QED) is 0.536. The number of ketones is 1. The van der Waals surface area contributed by atoms with Gasteiger partial charge in [-0.05, 0) is 31.5 Å². The number of hydrogen-bond donors (Lipinski definition) is 0. The summed E-state index contributed by atoms with van der Waals surface area (Å²) >= 11 is 0. The number of fused-ring (bicyclic) bond motifs is 1. The molecule has 0 atom stereocenters. The number of nitrogens with zero attached hydrogens (tertiary/aromatic N) is 2. The van der Waals surface area contributed by atoms with Crippen LogP contribution < -0.4 is 0 Å². The number of carbonyl (C=O) groups excluding carboxylic acids is 1. The average molecular weight is 270 g/mol. The Bertz CT molecular complexity index is 769. The number of hydrogen-bond acceptors (Lipinski definition) is 3. The molecule has 0 radical (unpaired) electrons. The second-order valence-electron chi connectivity index (χ2n) is 4.49. The SMILES string of the molecule is CC(C)=C1C(=O)c2cc(F)c(F)cc2C1=C(C#N)C#N. The van der Waals surface area contributed by atoms with Gasteiger partial charge in [0.05, 0.1) is 0 Å². The van der Waals surface area contributed by atoms with E-state index < -0.39 is 17.4 Å². The van der Waals surface area contributed by atoms with Gasteiger partial charge in [0, 0.05) is 16.7 Å². The van der Waals surface area contributed by atoms with Crippen LogP contribution in [0.2, 0.25) is 0 Å². The lowest BCUT2D eigenvalue weighted by Crippen LogP contribution is -1.98. The Hall–Kier alpha value is -2.79. The monoisotopic (exact) mass is 270 g/mol. The van der Waals surface area contributed by atoms with Crippen LogP contribution in [0.3, 0.4) is 0 Å². The number of nitriles is 2. The fraction of sp³-hybridized carbons (Fsp3) is 0.133. The smallest absolute Gasteiger partial charge is 0.194 e. The van der Waals surface area contributed by atoms with Crippen LogP contribution >= 0.6 is 0 Å². The Morgan fingerprint density at radius 3 is 1.95 bits per heavy atom. The molecule has 1 aromatic carbocycles. The Labute approximate surface area is 114 Å². The molecule has 0 saturated heterocycles. The van der Waals surface area contributed by atoms with E-state index in [2.05, 4.69) is 0 Å². The normalized spacial score (nSPS) is 12.8. The molecule has 0 unspecified atom stereocenters. The molecule has 5 heteroatoms. The summed E-state index contributed by atoms with van der Waals surface area (Å²) in [6.07, 6.45) is 0. The lowest BCUT2D eigenvalue weighted by atomic mass is 9.97. The minimum atomic E-state index is -1.14. The summed E-state index contributed by atoms with van der Waals surface area (Å²) in [4.78, 5) is 12.2. The molecule has 0 aliphatic heterocycles. The van der Waals surface area contributed by atoms with Crippen molar-refractivity contribution in [1.82, 2.24) is 0 Å². The summed E-state index contributed by atoms with van der Waals surface area (Å²) in [5.74, 6) is -2.77. The fourth-order valence-corrected chi connectivity index (χ4v) is 2.20. The van der Waals surface area contributed by atoms with E-state index >= 15 is 0 Å². The molecule has 0 fully saturated rings. The number of halogens is 2. The van der Waals surface area contributed by atoms with Crippen LogP contribution in [0.15, 0.2) is 28.9 Å². The van der Waals surface area contributed by atoms with Gasteiger partial charge < -0.3 is 0 Å². The molecule has 20 heavy (non-hydrogen) atoms. The van der Waals surface area contributed by atoms with E-state index in [-0.39, 0.29) is 27.8 Å². The molecule has 3 nitrogen and oxygen atoms in total. The van der Waals surface area contributed by atoms with Crippen molar-refractivity contribution in [1.29, 1.82) is 10.5 Å². The Morgan fingerprint density at radius 2 is 1.50 bits per heavy atom. The van der Waals surface area contributed by atoms with Crippen molar-refractivity contribution < 1.29 is 13.6 Å². The molecule has 98 valence electrons. The zero-order chi connectivity index (χ0) is 15.0. The standard InChI is InChI=1S/C15H8F2N2O/c1-7(2)13-14(8(5-18)6-19)9-3-11(16)12(17)4-10(9)15(13)20/h3-4H,1-2H3. The summed E-state index contributed by atoms with van der Waals surface area (Å²) in [6, 6.07) is 5.03. The van der Waals surface area contributed by atoms with Crippen LogP contribution in [0.25, 0.3) is 5.57 Å². The second kappa shape index (κ2) is 4.71. The average Bonchev–Trinajstić information content (AvgIpc) is 2.66. The van der Waals surface area contributed by atoms with Gasteiger partial charge in [0.15, 0.2) is 17.4 Å². The van der Waals surface area contributed by atoms with Crippen LogP contribution in [-0.2, 0) is 0 Å². The van der Waals surface area contributed by atoms with Gasteiger partial charge in [-0.3, -0.25) is 4.79 Å². The maximum Gasteiger partial charge on any atom is 0.194 e. The van der Waals surface area contributed by atoms with Crippen molar-refractivity contribution in [2.45, 2.75) is 13.8 Å². The molecular weight excluding hydrogens is 262 g/mol. The topological polar surface area (TPSA) is 64.7 Å². The Kier molecular flexibility index (Phi) is 3.21. The second-order valence-corrected chi connectivity index (χ2v) is 4.49. The number of rotatable bonds is 0. The molecule has 0 amide bonds. The van der Waals surface area contributed by atoms with Crippen molar-refractivity contribution in [2.24, 2.45) is 0 Å². The molecule has 0 N–H and O–H groups in total. The minimum Gasteiger partial charge on any atom is -0.289 e. The van der Waals surface area contributed by atoms with Gasteiger partial charge >= 0.3 is 0 Å². The highest BCUT2D eigenvalue weighted by atomic mass is 19.2. The predicted molar refractivity (Wildman–Crippen MR) is 67.2 cm³/mol. The molecule has 0 aromatic heterocycles. The molecule has 0 spiro atoms. The first-order valence-corrected chi connectivity index (χ1v) is 5.68. The van der Waals surface area contributed by atoms with E-state index in [1.165, 1.54) is 0 Å². The third-order valence-electron chi connectivity index (χ3n) is 3.03. The first-order valence-electron chi connectivity index (χ1n) is 5.68. The van der Waals surface area contributed by atoms with Crippen LogP contribution in [0.1, 0.15) is 29.8 Å². The Balaban J connectivity index is 2.97. The fourth-order valence-electron chi connectivity index (χ4n) is 2.20. The lowest BCUT2D eigenvalue weighted by molar-refractivity contribution is 0.104. The van der Waals surface area contributed by atoms with Crippen LogP contribution in [0, 0.1) is 34.3 Å². The van der Waals surface area contributed by atoms with Crippen LogP contribution in [0.5, 0.6) is 0 Å². The summed E-state index contributed by atoms with van der Waals surface area (Å²) in [5, 5.41) is 18.0.